The highest BCUT2D eigenvalue weighted by Gasteiger charge is 2.21. The highest BCUT2D eigenvalue weighted by atomic mass is 16.5. The molecular formula is C17H24N2O. The average molecular weight is 272 g/mol. The number of terminal acetylenes is 1. The summed E-state index contributed by atoms with van der Waals surface area (Å²) in [6.07, 6.45) is 7.82. The maximum Gasteiger partial charge on any atom is 0.148 e. The molecule has 1 aromatic rings. The highest BCUT2D eigenvalue weighted by molar-refractivity contribution is 5.27. The molecule has 0 unspecified atom stereocenters. The maximum atomic E-state index is 5.36. The van der Waals surface area contributed by atoms with Gasteiger partial charge >= 0.3 is 0 Å². The zero-order valence-electron chi connectivity index (χ0n) is 12.3. The van der Waals surface area contributed by atoms with Gasteiger partial charge in [-0.05, 0) is 43.6 Å². The fraction of sp³-hybridized carbons (Fsp3) is 0.529. The molecule has 0 amide bonds. The van der Waals surface area contributed by atoms with Crippen molar-refractivity contribution in [1.82, 2.24) is 10.2 Å². The Morgan fingerprint density at radius 2 is 2.20 bits per heavy atom. The molecule has 3 heteroatoms. The van der Waals surface area contributed by atoms with Gasteiger partial charge in [-0.25, -0.2) is 0 Å². The van der Waals surface area contributed by atoms with Crippen molar-refractivity contribution in [1.29, 1.82) is 0 Å². The van der Waals surface area contributed by atoms with Gasteiger partial charge in [-0.15, -0.1) is 6.42 Å². The molecule has 1 atom stereocenters. The minimum atomic E-state index is 0.326. The molecule has 20 heavy (non-hydrogen) atoms. The fourth-order valence-corrected chi connectivity index (χ4v) is 2.75. The Kier molecular flexibility index (Phi) is 5.91. The van der Waals surface area contributed by atoms with Crippen LogP contribution in [0.1, 0.15) is 25.3 Å². The normalized spacial score (nSPS) is 18.9. The molecule has 0 aromatic heterocycles. The van der Waals surface area contributed by atoms with Crippen LogP contribution in [0.3, 0.4) is 0 Å². The SMILES string of the molecule is C#CCOc1ccc(CNC[C@H]2CCCN2CC)cc1. The highest BCUT2D eigenvalue weighted by Crippen LogP contribution is 2.16. The monoisotopic (exact) mass is 272 g/mol. The van der Waals surface area contributed by atoms with E-state index in [9.17, 15) is 0 Å². The van der Waals surface area contributed by atoms with E-state index in [0.717, 1.165) is 25.4 Å². The minimum absolute atomic E-state index is 0.326. The quantitative estimate of drug-likeness (QED) is 0.771. The molecule has 0 aliphatic carbocycles. The lowest BCUT2D eigenvalue weighted by molar-refractivity contribution is 0.260. The molecule has 108 valence electrons. The van der Waals surface area contributed by atoms with Crippen molar-refractivity contribution < 1.29 is 4.74 Å². The second-order valence-electron chi connectivity index (χ2n) is 5.19. The minimum Gasteiger partial charge on any atom is -0.481 e. The standard InChI is InChI=1S/C17H24N2O/c1-3-12-20-17-9-7-15(8-10-17)13-18-14-16-6-5-11-19(16)4-2/h1,7-10,16,18H,4-6,11-14H2,2H3/t16-/m1/s1. The molecular weight excluding hydrogens is 248 g/mol. The molecule has 1 N–H and O–H groups in total. The molecule has 1 aliphatic heterocycles. The lowest BCUT2D eigenvalue weighted by Gasteiger charge is -2.23. The molecule has 1 saturated heterocycles. The predicted octanol–water partition coefficient (Wildman–Crippen LogP) is 2.27. The van der Waals surface area contributed by atoms with Gasteiger partial charge in [0.25, 0.3) is 0 Å². The Labute approximate surface area is 122 Å². The number of benzene rings is 1. The van der Waals surface area contributed by atoms with Crippen LogP contribution in [-0.2, 0) is 6.54 Å². The van der Waals surface area contributed by atoms with Gasteiger partial charge in [0.05, 0.1) is 0 Å². The molecule has 0 bridgehead atoms. The van der Waals surface area contributed by atoms with Gasteiger partial charge in [0.15, 0.2) is 0 Å². The van der Waals surface area contributed by atoms with Gasteiger partial charge in [-0.2, -0.15) is 0 Å². The van der Waals surface area contributed by atoms with Crippen molar-refractivity contribution in [3.8, 4) is 18.1 Å². The van der Waals surface area contributed by atoms with Crippen LogP contribution in [0, 0.1) is 12.3 Å². The van der Waals surface area contributed by atoms with Gasteiger partial charge in [0.1, 0.15) is 12.4 Å². The summed E-state index contributed by atoms with van der Waals surface area (Å²) >= 11 is 0. The summed E-state index contributed by atoms with van der Waals surface area (Å²) in [4.78, 5) is 2.56. The zero-order chi connectivity index (χ0) is 14.2. The van der Waals surface area contributed by atoms with E-state index >= 15 is 0 Å². The van der Waals surface area contributed by atoms with Crippen LogP contribution in [0.2, 0.25) is 0 Å². The van der Waals surface area contributed by atoms with Crippen LogP contribution in [-0.4, -0.2) is 37.2 Å². The van der Waals surface area contributed by atoms with E-state index in [-0.39, 0.29) is 0 Å². The first-order valence-corrected chi connectivity index (χ1v) is 7.43. The van der Waals surface area contributed by atoms with Crippen molar-refractivity contribution in [2.24, 2.45) is 0 Å². The van der Waals surface area contributed by atoms with Crippen LogP contribution in [0.25, 0.3) is 0 Å². The fourth-order valence-electron chi connectivity index (χ4n) is 2.75. The Balaban J connectivity index is 1.72. The van der Waals surface area contributed by atoms with E-state index in [1.807, 2.05) is 12.1 Å². The van der Waals surface area contributed by atoms with Crippen LogP contribution in [0.15, 0.2) is 24.3 Å². The zero-order valence-corrected chi connectivity index (χ0v) is 12.3. The summed E-state index contributed by atoms with van der Waals surface area (Å²) in [7, 11) is 0. The van der Waals surface area contributed by atoms with Crippen LogP contribution in [0.5, 0.6) is 5.75 Å². The number of rotatable bonds is 7. The van der Waals surface area contributed by atoms with E-state index in [2.05, 4.69) is 35.2 Å². The van der Waals surface area contributed by atoms with Crippen molar-refractivity contribution in [2.75, 3.05) is 26.2 Å². The third-order valence-electron chi connectivity index (χ3n) is 3.86. The molecule has 1 heterocycles. The van der Waals surface area contributed by atoms with Gasteiger partial charge in [-0.3, -0.25) is 4.90 Å². The first-order valence-electron chi connectivity index (χ1n) is 7.43. The van der Waals surface area contributed by atoms with Crippen LogP contribution < -0.4 is 10.1 Å². The lowest BCUT2D eigenvalue weighted by Crippen LogP contribution is -2.37. The summed E-state index contributed by atoms with van der Waals surface area (Å²) in [6.45, 7) is 6.96. The Morgan fingerprint density at radius 1 is 1.40 bits per heavy atom. The molecule has 0 radical (unpaired) electrons. The van der Waals surface area contributed by atoms with Crippen molar-refractivity contribution in [3.05, 3.63) is 29.8 Å². The molecule has 0 spiro atoms. The first-order chi connectivity index (χ1) is 9.83. The molecule has 1 fully saturated rings. The van der Waals surface area contributed by atoms with Gasteiger partial charge in [0, 0.05) is 19.1 Å². The van der Waals surface area contributed by atoms with Gasteiger partial charge in [0.2, 0.25) is 0 Å². The Hall–Kier alpha value is -1.50. The molecule has 1 aliphatic rings. The largest absolute Gasteiger partial charge is 0.481 e. The number of nitrogens with one attached hydrogen (secondary N) is 1. The average Bonchev–Trinajstić information content (AvgIpc) is 2.94. The number of hydrogen-bond acceptors (Lipinski definition) is 3. The maximum absolute atomic E-state index is 5.36. The van der Waals surface area contributed by atoms with E-state index in [4.69, 9.17) is 11.2 Å². The van der Waals surface area contributed by atoms with Gasteiger partial charge in [-0.1, -0.05) is 25.0 Å². The topological polar surface area (TPSA) is 24.5 Å². The summed E-state index contributed by atoms with van der Waals surface area (Å²) < 4.78 is 5.36. The lowest BCUT2D eigenvalue weighted by atomic mass is 10.2. The summed E-state index contributed by atoms with van der Waals surface area (Å²) in [5.41, 5.74) is 1.28. The summed E-state index contributed by atoms with van der Waals surface area (Å²) in [5, 5.41) is 3.56. The molecule has 2 rings (SSSR count). The number of likely N-dealkylation sites (N-methyl/N-ethyl adjacent to an activating group) is 1. The van der Waals surface area contributed by atoms with Crippen LogP contribution >= 0.6 is 0 Å². The molecule has 1 aromatic carbocycles. The first kappa shape index (κ1) is 14.9. The number of hydrogen-bond donors (Lipinski definition) is 1. The smallest absolute Gasteiger partial charge is 0.148 e. The summed E-state index contributed by atoms with van der Waals surface area (Å²) in [5.74, 6) is 3.30. The Bertz CT molecular complexity index is 435. The third kappa shape index (κ3) is 4.26. The molecule has 3 nitrogen and oxygen atoms in total. The van der Waals surface area contributed by atoms with Gasteiger partial charge < -0.3 is 10.1 Å². The number of ether oxygens (including phenoxy) is 1. The number of nitrogens with zero attached hydrogens (tertiary/aromatic N) is 1. The van der Waals surface area contributed by atoms with Crippen molar-refractivity contribution >= 4 is 0 Å². The summed E-state index contributed by atoms with van der Waals surface area (Å²) in [6, 6.07) is 8.83. The second kappa shape index (κ2) is 7.94. The molecule has 0 saturated carbocycles. The van der Waals surface area contributed by atoms with E-state index in [1.165, 1.54) is 24.9 Å². The number of likely N-dealkylation sites (tertiary alicyclic amines) is 1. The Morgan fingerprint density at radius 3 is 2.90 bits per heavy atom. The van der Waals surface area contributed by atoms with Crippen molar-refractivity contribution in [3.63, 3.8) is 0 Å². The van der Waals surface area contributed by atoms with E-state index in [1.54, 1.807) is 0 Å². The second-order valence-corrected chi connectivity index (χ2v) is 5.19. The third-order valence-corrected chi connectivity index (χ3v) is 3.86. The van der Waals surface area contributed by atoms with Crippen LogP contribution in [0.4, 0.5) is 0 Å². The van der Waals surface area contributed by atoms with E-state index < -0.39 is 0 Å². The van der Waals surface area contributed by atoms with E-state index in [0.29, 0.717) is 12.6 Å². The predicted molar refractivity (Wildman–Crippen MR) is 82.7 cm³/mol. The van der Waals surface area contributed by atoms with Crippen molar-refractivity contribution in [2.45, 2.75) is 32.4 Å².